The maximum Gasteiger partial charge on any atom is 0.271 e. The molecule has 0 saturated carbocycles. The van der Waals surface area contributed by atoms with Crippen molar-refractivity contribution >= 4 is 38.6 Å². The number of anilines is 2. The molecule has 0 bridgehead atoms. The van der Waals surface area contributed by atoms with Gasteiger partial charge in [-0.15, -0.1) is 11.3 Å². The number of carbonyl (C=O) groups is 1. The van der Waals surface area contributed by atoms with Crippen LogP contribution in [0.3, 0.4) is 0 Å². The Morgan fingerprint density at radius 1 is 0.953 bits per heavy atom. The van der Waals surface area contributed by atoms with Gasteiger partial charge in [-0.3, -0.25) is 9.52 Å². The molecule has 1 saturated heterocycles. The fraction of sp³-hybridized carbons (Fsp3) is 0.303. The SMILES string of the molecule is CCN1CCN(c2cccc3c2CN(C(c2cccc(NS(=O)(=O)c4cccs4)c2)c2ccc(OC)c(C)c2)C3=O)CC1. The molecule has 3 aromatic carbocycles. The van der Waals surface area contributed by atoms with Crippen LogP contribution in [0.2, 0.25) is 0 Å². The minimum absolute atomic E-state index is 0.0351. The van der Waals surface area contributed by atoms with Gasteiger partial charge in [0.05, 0.1) is 13.2 Å². The van der Waals surface area contributed by atoms with E-state index in [1.54, 1.807) is 30.7 Å². The molecule has 2 aliphatic heterocycles. The average Bonchev–Trinajstić information content (AvgIpc) is 3.67. The molecule has 43 heavy (non-hydrogen) atoms. The third kappa shape index (κ3) is 5.74. The van der Waals surface area contributed by atoms with Gasteiger partial charge in [-0.05, 0) is 78.0 Å². The van der Waals surface area contributed by atoms with Crippen molar-refractivity contribution in [2.75, 3.05) is 49.5 Å². The van der Waals surface area contributed by atoms with E-state index in [0.29, 0.717) is 12.2 Å². The number of nitrogens with one attached hydrogen (secondary N) is 1. The van der Waals surface area contributed by atoms with Gasteiger partial charge in [-0.1, -0.05) is 37.3 Å². The topological polar surface area (TPSA) is 82.2 Å². The maximum absolute atomic E-state index is 14.2. The van der Waals surface area contributed by atoms with Crippen molar-refractivity contribution < 1.29 is 17.9 Å². The van der Waals surface area contributed by atoms with E-state index in [1.807, 2.05) is 60.4 Å². The minimum atomic E-state index is -3.73. The Hall–Kier alpha value is -3.86. The number of carbonyl (C=O) groups excluding carboxylic acids is 1. The normalized spacial score (nSPS) is 16.3. The average molecular weight is 617 g/mol. The smallest absolute Gasteiger partial charge is 0.271 e. The van der Waals surface area contributed by atoms with Crippen LogP contribution in [0.1, 0.15) is 45.6 Å². The van der Waals surface area contributed by atoms with Crippen LogP contribution in [0.15, 0.2) is 82.4 Å². The molecule has 4 aromatic rings. The van der Waals surface area contributed by atoms with E-state index in [2.05, 4.69) is 27.5 Å². The van der Waals surface area contributed by atoms with Crippen LogP contribution < -0.4 is 14.4 Å². The third-order valence-corrected chi connectivity index (χ3v) is 11.2. The molecule has 1 aromatic heterocycles. The lowest BCUT2D eigenvalue weighted by molar-refractivity contribution is 0.0731. The molecule has 0 radical (unpaired) electrons. The van der Waals surface area contributed by atoms with E-state index >= 15 is 0 Å². The lowest BCUT2D eigenvalue weighted by atomic mass is 9.95. The highest BCUT2D eigenvalue weighted by molar-refractivity contribution is 7.94. The standard InChI is InChI=1S/C33H36N4O4S2/c1-4-35-15-17-36(18-16-35)29-11-6-10-27-28(29)22-37(33(27)38)32(25-13-14-30(41-3)23(2)20-25)24-8-5-9-26(21-24)34-43(39,40)31-12-7-19-42-31/h5-14,19-21,32,34H,4,15-18,22H2,1-3H3. The Kier molecular flexibility index (Phi) is 8.17. The molecule has 2 aliphatic rings. The van der Waals surface area contributed by atoms with Gasteiger partial charge in [0, 0.05) is 55.2 Å². The van der Waals surface area contributed by atoms with Crippen molar-refractivity contribution in [3.05, 3.63) is 106 Å². The Morgan fingerprint density at radius 2 is 1.72 bits per heavy atom. The zero-order chi connectivity index (χ0) is 30.1. The molecule has 1 amide bonds. The first-order chi connectivity index (χ1) is 20.8. The first kappa shape index (κ1) is 29.2. The van der Waals surface area contributed by atoms with E-state index in [1.165, 1.54) is 11.3 Å². The van der Waals surface area contributed by atoms with Gasteiger partial charge in [-0.25, -0.2) is 8.42 Å². The van der Waals surface area contributed by atoms with Gasteiger partial charge in [0.15, 0.2) is 0 Å². The molecule has 10 heteroatoms. The second kappa shape index (κ2) is 12.0. The monoisotopic (exact) mass is 616 g/mol. The summed E-state index contributed by atoms with van der Waals surface area (Å²) in [6.07, 6.45) is 0. The third-order valence-electron chi connectivity index (χ3n) is 8.39. The Morgan fingerprint density at radius 3 is 2.42 bits per heavy atom. The number of fused-ring (bicyclic) bond motifs is 1. The second-order valence-corrected chi connectivity index (χ2v) is 13.8. The van der Waals surface area contributed by atoms with Gasteiger partial charge in [0.1, 0.15) is 9.96 Å². The summed E-state index contributed by atoms with van der Waals surface area (Å²) in [5.41, 5.74) is 6.03. The van der Waals surface area contributed by atoms with Gasteiger partial charge in [-0.2, -0.15) is 0 Å². The largest absolute Gasteiger partial charge is 0.496 e. The number of ether oxygens (including phenoxy) is 1. The highest BCUT2D eigenvalue weighted by Crippen LogP contribution is 2.41. The zero-order valence-corrected chi connectivity index (χ0v) is 26.2. The fourth-order valence-electron chi connectivity index (χ4n) is 6.17. The second-order valence-electron chi connectivity index (χ2n) is 11.0. The van der Waals surface area contributed by atoms with Crippen LogP contribution in [-0.2, 0) is 16.6 Å². The molecule has 0 aliphatic carbocycles. The Labute approximate surface area is 257 Å². The van der Waals surface area contributed by atoms with Gasteiger partial charge >= 0.3 is 0 Å². The number of rotatable bonds is 9. The number of nitrogens with zero attached hydrogens (tertiary/aromatic N) is 3. The number of hydrogen-bond donors (Lipinski definition) is 1. The van der Waals surface area contributed by atoms with Crippen LogP contribution in [0, 0.1) is 6.92 Å². The molecular weight excluding hydrogens is 581 g/mol. The Bertz CT molecular complexity index is 1730. The van der Waals surface area contributed by atoms with Crippen molar-refractivity contribution in [2.24, 2.45) is 0 Å². The summed E-state index contributed by atoms with van der Waals surface area (Å²) >= 11 is 1.17. The lowest BCUT2D eigenvalue weighted by Gasteiger charge is -2.36. The summed E-state index contributed by atoms with van der Waals surface area (Å²) in [6, 6.07) is 22.2. The molecule has 6 rings (SSSR count). The van der Waals surface area contributed by atoms with E-state index < -0.39 is 16.1 Å². The number of amides is 1. The summed E-state index contributed by atoms with van der Waals surface area (Å²) in [4.78, 5) is 20.9. The number of methoxy groups -OCH3 is 1. The number of hydrogen-bond acceptors (Lipinski definition) is 7. The molecule has 224 valence electrons. The van der Waals surface area contributed by atoms with Crippen LogP contribution in [-0.4, -0.2) is 64.0 Å². The quantitative estimate of drug-likeness (QED) is 0.258. The summed E-state index contributed by atoms with van der Waals surface area (Å²) in [6.45, 7) is 9.52. The Balaban J connectivity index is 1.38. The van der Waals surface area contributed by atoms with Crippen molar-refractivity contribution in [2.45, 2.75) is 30.6 Å². The molecule has 1 atom stereocenters. The number of likely N-dealkylation sites (N-methyl/N-ethyl adjacent to an activating group) is 1. The number of sulfonamides is 1. The summed E-state index contributed by atoms with van der Waals surface area (Å²) < 4.78 is 34.6. The van der Waals surface area contributed by atoms with Gasteiger partial charge in [0.2, 0.25) is 0 Å². The van der Waals surface area contributed by atoms with Crippen LogP contribution >= 0.6 is 11.3 Å². The number of aryl methyl sites for hydroxylation is 1. The first-order valence-electron chi connectivity index (χ1n) is 14.5. The molecule has 0 spiro atoms. The van der Waals surface area contributed by atoms with Crippen LogP contribution in [0.5, 0.6) is 5.75 Å². The predicted octanol–water partition coefficient (Wildman–Crippen LogP) is 5.75. The van der Waals surface area contributed by atoms with E-state index in [0.717, 1.165) is 72.0 Å². The number of piperazine rings is 1. The zero-order valence-electron chi connectivity index (χ0n) is 24.6. The fourth-order valence-corrected chi connectivity index (χ4v) is 8.21. The summed E-state index contributed by atoms with van der Waals surface area (Å²) in [5, 5.41) is 1.74. The predicted molar refractivity (Wildman–Crippen MR) is 172 cm³/mol. The molecule has 1 N–H and O–H groups in total. The van der Waals surface area contributed by atoms with Crippen molar-refractivity contribution in [1.29, 1.82) is 0 Å². The van der Waals surface area contributed by atoms with Crippen LogP contribution in [0.4, 0.5) is 11.4 Å². The lowest BCUT2D eigenvalue weighted by Crippen LogP contribution is -2.46. The molecule has 1 fully saturated rings. The molecule has 8 nitrogen and oxygen atoms in total. The number of benzene rings is 3. The van der Waals surface area contributed by atoms with Crippen molar-refractivity contribution in [3.63, 3.8) is 0 Å². The van der Waals surface area contributed by atoms with Crippen molar-refractivity contribution in [3.8, 4) is 5.75 Å². The number of thiophene rings is 1. The molecular formula is C33H36N4O4S2. The first-order valence-corrected chi connectivity index (χ1v) is 16.9. The highest BCUT2D eigenvalue weighted by Gasteiger charge is 2.37. The highest BCUT2D eigenvalue weighted by atomic mass is 32.2. The minimum Gasteiger partial charge on any atom is -0.496 e. The van der Waals surface area contributed by atoms with E-state index in [9.17, 15) is 13.2 Å². The summed E-state index contributed by atoms with van der Waals surface area (Å²) in [7, 11) is -2.08. The van der Waals surface area contributed by atoms with Gasteiger partial charge in [0.25, 0.3) is 15.9 Å². The van der Waals surface area contributed by atoms with E-state index in [-0.39, 0.29) is 10.1 Å². The summed E-state index contributed by atoms with van der Waals surface area (Å²) in [5.74, 6) is 0.733. The van der Waals surface area contributed by atoms with E-state index in [4.69, 9.17) is 4.74 Å². The van der Waals surface area contributed by atoms with Crippen molar-refractivity contribution in [1.82, 2.24) is 9.80 Å². The maximum atomic E-state index is 14.2. The molecule has 1 unspecified atom stereocenters. The van der Waals surface area contributed by atoms with Gasteiger partial charge < -0.3 is 19.4 Å². The van der Waals surface area contributed by atoms with Crippen LogP contribution in [0.25, 0.3) is 0 Å². The molecule has 3 heterocycles.